The molecule has 6 heterocycles. The Balaban J connectivity index is 0.000000339. The van der Waals surface area contributed by atoms with E-state index in [0.29, 0.717) is 51.8 Å². The van der Waals surface area contributed by atoms with Gasteiger partial charge in [0.1, 0.15) is 25.4 Å². The van der Waals surface area contributed by atoms with Crippen LogP contribution in [0.25, 0.3) is 0 Å². The van der Waals surface area contributed by atoms with Crippen LogP contribution in [-0.4, -0.2) is 252 Å². The van der Waals surface area contributed by atoms with Crippen LogP contribution < -0.4 is 0 Å². The number of ether oxygens (including phenoxy) is 15. The van der Waals surface area contributed by atoms with Crippen LogP contribution in [0.5, 0.6) is 0 Å². The number of hydrogen-bond donors (Lipinski definition) is 0. The van der Waals surface area contributed by atoms with Gasteiger partial charge in [0.2, 0.25) is 0 Å². The van der Waals surface area contributed by atoms with Gasteiger partial charge in [-0.1, -0.05) is 6.58 Å². The second-order valence-electron chi connectivity index (χ2n) is 31.9. The van der Waals surface area contributed by atoms with Crippen molar-refractivity contribution >= 4 is 96.2 Å². The summed E-state index contributed by atoms with van der Waals surface area (Å²) in [6.45, 7) is 62.0. The predicted octanol–water partition coefficient (Wildman–Crippen LogP) is 14.2. The van der Waals surface area contributed by atoms with Crippen LogP contribution in [0.3, 0.4) is 0 Å². The summed E-state index contributed by atoms with van der Waals surface area (Å²) < 4.78 is 124. The molecule has 34 heteroatoms. The monoisotopic (exact) mass is 1560 g/mol. The zero-order valence-corrected chi connectivity index (χ0v) is 74.2. The summed E-state index contributed by atoms with van der Waals surface area (Å²) in [5.41, 5.74) is 0. The van der Waals surface area contributed by atoms with E-state index in [9.17, 15) is 9.59 Å². The summed E-state index contributed by atoms with van der Waals surface area (Å²) in [7, 11) is -18.5. The average Bonchev–Trinajstić information content (AvgIpc) is 1.87. The fourth-order valence-electron chi connectivity index (χ4n) is 11.6. The molecule has 0 aromatic carbocycles. The summed E-state index contributed by atoms with van der Waals surface area (Å²) in [5, 5.41) is 0. The molecule has 0 N–H and O–H groups in total. The van der Waals surface area contributed by atoms with Crippen molar-refractivity contribution in [1.82, 2.24) is 0 Å². The second kappa shape index (κ2) is 44.5. The zero-order valence-electron chi connectivity index (χ0n) is 64.2. The Kier molecular flexibility index (Phi) is 41.7. The van der Waals surface area contributed by atoms with E-state index >= 15 is 0 Å². The normalized spacial score (nSPS) is 21.1. The first-order valence-electron chi connectivity index (χ1n) is 35.8. The number of carbonyl (C=O) groups excluding carboxylic acids is 2. The molecule has 5 atom stereocenters. The van der Waals surface area contributed by atoms with Gasteiger partial charge in [-0.15, -0.1) is 0 Å². The maximum Gasteiger partial charge on any atom is 0.508 e. The number of hydrogen-bond acceptors (Lipinski definition) is 24. The molecule has 0 amide bonds. The summed E-state index contributed by atoms with van der Waals surface area (Å²) in [6.07, 6.45) is 8.19. The van der Waals surface area contributed by atoms with Gasteiger partial charge in [0.05, 0.1) is 78.9 Å². The van der Waals surface area contributed by atoms with Crippen molar-refractivity contribution in [2.24, 2.45) is 0 Å². The minimum absolute atomic E-state index is 0.00885. The molecule has 0 radical (unpaired) electrons. The number of rotatable bonds is 49. The first-order valence-corrected chi connectivity index (χ1v) is 66.4. The molecule has 0 spiro atoms. The van der Waals surface area contributed by atoms with Crippen molar-refractivity contribution in [2.75, 3.05) is 119 Å². The summed E-state index contributed by atoms with van der Waals surface area (Å²) >= 11 is 0. The van der Waals surface area contributed by atoms with Gasteiger partial charge in [-0.05, 0) is 219 Å². The van der Waals surface area contributed by atoms with Crippen LogP contribution in [0.4, 0.5) is 9.59 Å². The molecule has 0 aromatic heterocycles. The van der Waals surface area contributed by atoms with Gasteiger partial charge < -0.3 is 100 Å². The molecule has 6 rings (SSSR count). The Morgan fingerprint density at radius 1 is 0.371 bits per heavy atom. The SMILES string of the molecule is C=COCCCCO[Si](C)(O[Si](C)(C)C)O[Si](C)(C)O[Si](C)(C)C.C[Si](C)(CCC1OCCO1)O[Si](C)(C)CCC1OCCO1.C[Si](C)(CCCOCC1CO1)O[Si](C)(C)CCCOCC1CO1.C[Si](C)(CCCOCC1COC(=O)O1)O[Si](C)(C)CCCOCC1COC(=O)O1. The molecule has 0 aromatic rings. The van der Waals surface area contributed by atoms with E-state index in [2.05, 4.69) is 138 Å². The van der Waals surface area contributed by atoms with E-state index in [1.54, 1.807) is 0 Å². The molecule has 6 saturated heterocycles. The molecule has 24 nitrogen and oxygen atoms in total. The van der Waals surface area contributed by atoms with E-state index in [1.165, 1.54) is 18.4 Å². The molecule has 5 unspecified atom stereocenters. The summed E-state index contributed by atoms with van der Waals surface area (Å²) in [4.78, 5) is 21.7. The number of unbranched alkanes of at least 4 members (excludes halogenated alkanes) is 1. The highest BCUT2D eigenvalue weighted by Gasteiger charge is 2.47. The van der Waals surface area contributed by atoms with Crippen molar-refractivity contribution in [1.29, 1.82) is 0 Å². The van der Waals surface area contributed by atoms with Gasteiger partial charge in [0.15, 0.2) is 91.3 Å². The molecule has 0 bridgehead atoms. The van der Waals surface area contributed by atoms with Crippen LogP contribution >= 0.6 is 0 Å². The van der Waals surface area contributed by atoms with E-state index in [1.807, 2.05) is 6.55 Å². The van der Waals surface area contributed by atoms with Gasteiger partial charge in [-0.2, -0.15) is 0 Å². The van der Waals surface area contributed by atoms with Crippen LogP contribution in [0.2, 0.25) is 174 Å². The molecule has 6 aliphatic rings. The molecule has 6 aliphatic heterocycles. The third-order valence-electron chi connectivity index (χ3n) is 15.2. The van der Waals surface area contributed by atoms with E-state index < -0.39 is 96.2 Å². The van der Waals surface area contributed by atoms with Crippen molar-refractivity contribution < 1.29 is 110 Å². The highest BCUT2D eigenvalue weighted by Crippen LogP contribution is 2.30. The van der Waals surface area contributed by atoms with Crippen molar-refractivity contribution in [3.05, 3.63) is 12.8 Å². The Morgan fingerprint density at radius 3 is 0.990 bits per heavy atom. The van der Waals surface area contributed by atoms with E-state index in [-0.39, 0.29) is 38.0 Å². The maximum absolute atomic E-state index is 10.9. The third kappa shape index (κ3) is 49.1. The molecular formula is C63H136O24Si10. The lowest BCUT2D eigenvalue weighted by Gasteiger charge is -2.40. The smallest absolute Gasteiger partial charge is 0.502 e. The quantitative estimate of drug-likeness (QED) is 0.0181. The van der Waals surface area contributed by atoms with Gasteiger partial charge >= 0.3 is 29.7 Å². The summed E-state index contributed by atoms with van der Waals surface area (Å²) in [5.74, 6) is 0. The topological polar surface area (TPSA) is 244 Å². The zero-order chi connectivity index (χ0) is 72.5. The lowest BCUT2D eigenvalue weighted by atomic mass is 10.3. The fraction of sp³-hybridized carbons (Fsp3) is 0.937. The fourth-order valence-corrected chi connectivity index (χ4v) is 53.8. The van der Waals surface area contributed by atoms with Crippen molar-refractivity contribution in [3.63, 3.8) is 0 Å². The first kappa shape index (κ1) is 90.8. The highest BCUT2D eigenvalue weighted by atomic mass is 28.5. The maximum atomic E-state index is 10.9. The molecular weight excluding hydrogens is 1420 g/mol. The number of carbonyl (C=O) groups is 2. The lowest BCUT2D eigenvalue weighted by Crippen LogP contribution is -2.58. The molecule has 97 heavy (non-hydrogen) atoms. The minimum atomic E-state index is -2.73. The van der Waals surface area contributed by atoms with Gasteiger partial charge in [0, 0.05) is 39.6 Å². The number of cyclic esters (lactones) is 4. The Hall–Kier alpha value is -0.431. The Bertz CT molecular complexity index is 2050. The number of epoxide rings is 2. The standard InChI is InChI=1S/C18H34O9Si2.C16H34O5Si2.C15H38O5Si4.C14H30O5Si2/c1-28(2,9-5-7-21-11-15-13-23-17(19)25-15)27-29(3,4)10-6-8-22-12-16-14-24-18(20)26-16;1-22(2,9-5-7-17-11-15-13-19-15)21-23(3,4)10-6-8-18-12-16-14-20-16;1-11-16-14-12-13-15-17-24(10,19-22(5,6)7)20-23(8,9)18-21(2,3)4;1-20(2,11-5-13-15-7-8-16-13)19-21(3,4)12-6-14-17-9-10-18-14/h15-16H,5-14H2,1-4H3;15-16H,5-14H2,1-4H3;11H,1,12-15H2,2-10H3;13-14H,5-12H2,1-4H3. The molecule has 572 valence electrons. The van der Waals surface area contributed by atoms with Gasteiger partial charge in [0.25, 0.3) is 0 Å². The molecule has 0 aliphatic carbocycles. The Morgan fingerprint density at radius 2 is 0.691 bits per heavy atom. The molecule has 6 fully saturated rings. The van der Waals surface area contributed by atoms with Crippen molar-refractivity contribution in [2.45, 2.75) is 262 Å². The van der Waals surface area contributed by atoms with Crippen LogP contribution in [0, 0.1) is 0 Å². The van der Waals surface area contributed by atoms with Crippen molar-refractivity contribution in [3.8, 4) is 0 Å². The summed E-state index contributed by atoms with van der Waals surface area (Å²) in [6, 6.07) is 6.56. The lowest BCUT2D eigenvalue weighted by molar-refractivity contribution is -0.0438. The average molecular weight is 1560 g/mol. The Labute approximate surface area is 596 Å². The predicted molar refractivity (Wildman–Crippen MR) is 402 cm³/mol. The minimum Gasteiger partial charge on any atom is -0.502 e. The molecule has 0 saturated carbocycles. The second-order valence-corrected chi connectivity index (χ2v) is 74.2. The highest BCUT2D eigenvalue weighted by molar-refractivity contribution is 6.88. The van der Waals surface area contributed by atoms with Crippen LogP contribution in [0.15, 0.2) is 12.8 Å². The largest absolute Gasteiger partial charge is 0.508 e. The van der Waals surface area contributed by atoms with E-state index in [4.69, 9.17) is 100 Å². The first-order chi connectivity index (χ1) is 45.1. The van der Waals surface area contributed by atoms with Crippen LogP contribution in [-0.2, 0) is 100 Å². The van der Waals surface area contributed by atoms with Gasteiger partial charge in [-0.25, -0.2) is 9.59 Å². The van der Waals surface area contributed by atoms with Crippen LogP contribution in [0.1, 0.15) is 51.4 Å². The van der Waals surface area contributed by atoms with Gasteiger partial charge in [-0.3, -0.25) is 0 Å². The third-order valence-corrected chi connectivity index (χ3v) is 50.2. The van der Waals surface area contributed by atoms with E-state index in [0.717, 1.165) is 142 Å².